The van der Waals surface area contributed by atoms with Gasteiger partial charge in [-0.15, -0.1) is 11.8 Å². The van der Waals surface area contributed by atoms with E-state index in [1.54, 1.807) is 11.8 Å². The van der Waals surface area contributed by atoms with Crippen LogP contribution in [-0.4, -0.2) is 9.95 Å². The van der Waals surface area contributed by atoms with E-state index in [0.29, 0.717) is 0 Å². The molecule has 0 aliphatic heterocycles. The summed E-state index contributed by atoms with van der Waals surface area (Å²) in [4.78, 5) is 0. The molecule has 0 amide bonds. The molecule has 1 rings (SSSR count). The van der Waals surface area contributed by atoms with Crippen LogP contribution in [0.2, 0.25) is 0 Å². The first-order valence-corrected chi connectivity index (χ1v) is 5.80. The maximum Gasteiger partial charge on any atom is 0.0447 e. The van der Waals surface area contributed by atoms with Crippen molar-refractivity contribution in [2.75, 3.05) is 5.75 Å². The van der Waals surface area contributed by atoms with E-state index < -0.39 is 0 Å². The van der Waals surface area contributed by atoms with Crippen LogP contribution in [0, 0.1) is 0 Å². The normalized spacial score (nSPS) is 8.46. The van der Waals surface area contributed by atoms with Crippen LogP contribution in [0.15, 0.2) is 36.4 Å². The lowest BCUT2D eigenvalue weighted by molar-refractivity contribution is 1.11. The molecule has 0 aliphatic carbocycles. The van der Waals surface area contributed by atoms with Crippen LogP contribution in [0.4, 0.5) is 0 Å². The molecule has 0 saturated carbocycles. The van der Waals surface area contributed by atoms with Crippen molar-refractivity contribution in [3.63, 3.8) is 0 Å². The van der Waals surface area contributed by atoms with E-state index in [-0.39, 0.29) is 0 Å². The first-order chi connectivity index (χ1) is 6.27. The molecule has 0 atom stereocenters. The maximum absolute atomic E-state index is 4.82. The molecule has 0 N–H and O–H groups in total. The van der Waals surface area contributed by atoms with Crippen molar-refractivity contribution in [3.8, 4) is 0 Å². The molecule has 0 spiro atoms. The Balaban J connectivity index is 0.000000223. The third kappa shape index (κ3) is 11.7. The lowest BCUT2D eigenvalue weighted by Gasteiger charge is -1.89. The fourth-order valence-electron chi connectivity index (χ4n) is 0.631. The standard InChI is InChI=1S/C6H6.C5H10S2/c1-2-4-6-5-3-1;1-3-4-7-5(2)6/h1-6H;3-4H2,1-2H3. The topological polar surface area (TPSA) is 0 Å². The van der Waals surface area contributed by atoms with Crippen molar-refractivity contribution < 1.29 is 0 Å². The Morgan fingerprint density at radius 2 is 1.46 bits per heavy atom. The van der Waals surface area contributed by atoms with Gasteiger partial charge in [-0.05, 0) is 19.1 Å². The predicted octanol–water partition coefficient (Wildman–Crippen LogP) is 4.16. The van der Waals surface area contributed by atoms with E-state index in [0.717, 1.165) is 4.20 Å². The van der Waals surface area contributed by atoms with E-state index >= 15 is 0 Å². The molecular weight excluding hydrogens is 196 g/mol. The second-order valence-electron chi connectivity index (χ2n) is 2.49. The van der Waals surface area contributed by atoms with Crippen LogP contribution >= 0.6 is 24.0 Å². The van der Waals surface area contributed by atoms with E-state index in [9.17, 15) is 0 Å². The molecule has 0 nitrogen and oxygen atoms in total. The van der Waals surface area contributed by atoms with Crippen LogP contribution in [0.3, 0.4) is 0 Å². The molecule has 0 aliphatic rings. The molecule has 0 radical (unpaired) electrons. The second-order valence-corrected chi connectivity index (χ2v) is 4.67. The van der Waals surface area contributed by atoms with Gasteiger partial charge in [0.25, 0.3) is 0 Å². The summed E-state index contributed by atoms with van der Waals surface area (Å²) in [6.07, 6.45) is 1.22. The minimum absolute atomic E-state index is 1.06. The van der Waals surface area contributed by atoms with Crippen LogP contribution in [0.5, 0.6) is 0 Å². The molecule has 0 unspecified atom stereocenters. The summed E-state index contributed by atoms with van der Waals surface area (Å²) < 4.78 is 1.06. The van der Waals surface area contributed by atoms with Gasteiger partial charge < -0.3 is 0 Å². The monoisotopic (exact) mass is 212 g/mol. The van der Waals surface area contributed by atoms with E-state index in [1.165, 1.54) is 12.2 Å². The van der Waals surface area contributed by atoms with Crippen LogP contribution in [0.25, 0.3) is 0 Å². The van der Waals surface area contributed by atoms with Crippen molar-refractivity contribution in [1.82, 2.24) is 0 Å². The third-order valence-electron chi connectivity index (χ3n) is 1.18. The Bertz CT molecular complexity index is 180. The molecule has 13 heavy (non-hydrogen) atoms. The van der Waals surface area contributed by atoms with Gasteiger partial charge in [-0.2, -0.15) is 0 Å². The number of hydrogen-bond acceptors (Lipinski definition) is 2. The van der Waals surface area contributed by atoms with Crippen molar-refractivity contribution >= 4 is 28.2 Å². The van der Waals surface area contributed by atoms with Crippen molar-refractivity contribution in [3.05, 3.63) is 36.4 Å². The van der Waals surface area contributed by atoms with Gasteiger partial charge in [0, 0.05) is 4.20 Å². The summed E-state index contributed by atoms with van der Waals surface area (Å²) in [5, 5.41) is 0. The number of benzene rings is 1. The lowest BCUT2D eigenvalue weighted by atomic mass is 10.4. The Hall–Kier alpha value is -0.340. The van der Waals surface area contributed by atoms with E-state index in [4.69, 9.17) is 12.2 Å². The second kappa shape index (κ2) is 9.75. The summed E-state index contributed by atoms with van der Waals surface area (Å²) in [7, 11) is 0. The van der Waals surface area contributed by atoms with Crippen molar-refractivity contribution in [1.29, 1.82) is 0 Å². The maximum atomic E-state index is 4.82. The zero-order valence-electron chi connectivity index (χ0n) is 8.19. The highest BCUT2D eigenvalue weighted by Gasteiger charge is 1.83. The minimum atomic E-state index is 1.06. The molecule has 0 fully saturated rings. The summed E-state index contributed by atoms with van der Waals surface area (Å²) in [6, 6.07) is 12.0. The number of thioether (sulfide) groups is 1. The van der Waals surface area contributed by atoms with Crippen LogP contribution < -0.4 is 0 Å². The van der Waals surface area contributed by atoms with E-state index in [1.807, 2.05) is 43.3 Å². The highest BCUT2D eigenvalue weighted by molar-refractivity contribution is 8.23. The van der Waals surface area contributed by atoms with Gasteiger partial charge in [0.05, 0.1) is 0 Å². The van der Waals surface area contributed by atoms with Crippen molar-refractivity contribution in [2.24, 2.45) is 0 Å². The quantitative estimate of drug-likeness (QED) is 0.675. The van der Waals surface area contributed by atoms with Crippen molar-refractivity contribution in [2.45, 2.75) is 20.3 Å². The average Bonchev–Trinajstić information content (AvgIpc) is 2.18. The van der Waals surface area contributed by atoms with Gasteiger partial charge in [-0.3, -0.25) is 0 Å². The molecule has 0 aromatic heterocycles. The van der Waals surface area contributed by atoms with Gasteiger partial charge in [0.2, 0.25) is 0 Å². The van der Waals surface area contributed by atoms with Gasteiger partial charge in [0.1, 0.15) is 0 Å². The Morgan fingerprint density at radius 1 is 1.08 bits per heavy atom. The molecule has 0 heterocycles. The van der Waals surface area contributed by atoms with E-state index in [2.05, 4.69) is 6.92 Å². The minimum Gasteiger partial charge on any atom is -0.119 e. The zero-order chi connectivity index (χ0) is 9.94. The summed E-state index contributed by atoms with van der Waals surface area (Å²) in [6.45, 7) is 4.13. The summed E-state index contributed by atoms with van der Waals surface area (Å²) >= 11 is 6.59. The molecule has 0 bridgehead atoms. The number of hydrogen-bond donors (Lipinski definition) is 0. The van der Waals surface area contributed by atoms with Crippen LogP contribution in [0.1, 0.15) is 20.3 Å². The fourth-order valence-corrected chi connectivity index (χ4v) is 1.37. The Labute approximate surface area is 90.7 Å². The molecule has 2 heteroatoms. The predicted molar refractivity (Wildman–Crippen MR) is 67.5 cm³/mol. The van der Waals surface area contributed by atoms with Gasteiger partial charge in [-0.1, -0.05) is 55.5 Å². The largest absolute Gasteiger partial charge is 0.119 e. The Kier molecular flexibility index (Phi) is 9.49. The van der Waals surface area contributed by atoms with Crippen LogP contribution in [-0.2, 0) is 0 Å². The summed E-state index contributed by atoms with van der Waals surface area (Å²) in [5.41, 5.74) is 0. The average molecular weight is 212 g/mol. The highest BCUT2D eigenvalue weighted by atomic mass is 32.2. The summed E-state index contributed by atoms with van der Waals surface area (Å²) in [5.74, 6) is 1.18. The number of thiocarbonyl (C=S) groups is 1. The molecule has 72 valence electrons. The lowest BCUT2D eigenvalue weighted by Crippen LogP contribution is -1.78. The Morgan fingerprint density at radius 3 is 1.62 bits per heavy atom. The molecule has 1 aromatic carbocycles. The SMILES string of the molecule is CCCSC(C)=S.c1ccccc1. The molecule has 1 aromatic rings. The van der Waals surface area contributed by atoms with Gasteiger partial charge in [-0.25, -0.2) is 0 Å². The third-order valence-corrected chi connectivity index (χ3v) is 2.55. The highest BCUT2D eigenvalue weighted by Crippen LogP contribution is 2.03. The van der Waals surface area contributed by atoms with Gasteiger partial charge in [0.15, 0.2) is 0 Å². The zero-order valence-corrected chi connectivity index (χ0v) is 9.83. The first-order valence-electron chi connectivity index (χ1n) is 4.40. The fraction of sp³-hybridized carbons (Fsp3) is 0.364. The molecule has 0 saturated heterocycles. The number of rotatable bonds is 2. The smallest absolute Gasteiger partial charge is 0.0447 e. The first kappa shape index (κ1) is 12.7. The van der Waals surface area contributed by atoms with Gasteiger partial charge >= 0.3 is 0 Å². The molecular formula is C11H16S2.